The highest BCUT2D eigenvalue weighted by Gasteiger charge is 2.35. The molecule has 0 radical (unpaired) electrons. The first-order valence-electron chi connectivity index (χ1n) is 16.8. The van der Waals surface area contributed by atoms with Crippen molar-refractivity contribution in [3.8, 4) is 0 Å². The van der Waals surface area contributed by atoms with E-state index < -0.39 is 14.3 Å². The van der Waals surface area contributed by atoms with Crippen LogP contribution in [0.5, 0.6) is 0 Å². The van der Waals surface area contributed by atoms with Crippen molar-refractivity contribution in [3.63, 3.8) is 0 Å². The fourth-order valence-corrected chi connectivity index (χ4v) is 13.5. The average Bonchev–Trinajstić information content (AvgIpc) is 3.19. The fourth-order valence-electron chi connectivity index (χ4n) is 7.53. The third-order valence-corrected chi connectivity index (χ3v) is 16.3. The Kier molecular flexibility index (Phi) is 7.40. The van der Waals surface area contributed by atoms with Gasteiger partial charge in [-0.3, -0.25) is 0 Å². The van der Waals surface area contributed by atoms with E-state index in [2.05, 4.69) is 78.9 Å². The summed E-state index contributed by atoms with van der Waals surface area (Å²) in [7, 11) is -6.86. The summed E-state index contributed by atoms with van der Waals surface area (Å²) in [5.41, 5.74) is 0. The predicted octanol–water partition coefficient (Wildman–Crippen LogP) is 9.58. The van der Waals surface area contributed by atoms with Gasteiger partial charge in [0.1, 0.15) is 0 Å². The second-order valence-corrected chi connectivity index (χ2v) is 18.2. The zero-order valence-corrected chi connectivity index (χ0v) is 29.0. The molecule has 0 aliphatic rings. The molecule has 9 aromatic carbocycles. The van der Waals surface area contributed by atoms with Crippen LogP contribution in [-0.4, -0.2) is 0 Å². The van der Waals surface area contributed by atoms with E-state index in [9.17, 15) is 0 Å². The molecule has 0 heterocycles. The van der Waals surface area contributed by atoms with Crippen molar-refractivity contribution in [1.29, 1.82) is 0 Å². The molecule has 0 aliphatic heterocycles. The molecule has 0 aliphatic carbocycles. The van der Waals surface area contributed by atoms with Gasteiger partial charge >= 0.3 is 0 Å². The van der Waals surface area contributed by atoms with Gasteiger partial charge in [-0.2, -0.15) is 0 Å². The van der Waals surface area contributed by atoms with E-state index in [1.807, 2.05) is 115 Å². The SMILES string of the molecule is O=P(c1ccc(P(=O)(c2cccc3ccccc23)c2cccc3ccccc23)cc1)(c1ccc2ccccc2c1)c1cccc2ccccc12. The first-order valence-corrected chi connectivity index (χ1v) is 20.2. The predicted molar refractivity (Wildman–Crippen MR) is 215 cm³/mol. The molecule has 0 fully saturated rings. The fraction of sp³-hybridized carbons (Fsp3) is 0. The van der Waals surface area contributed by atoms with E-state index >= 15 is 9.13 Å². The summed E-state index contributed by atoms with van der Waals surface area (Å²) in [6.45, 7) is 0. The van der Waals surface area contributed by atoms with Crippen molar-refractivity contribution >= 4 is 89.2 Å². The van der Waals surface area contributed by atoms with Gasteiger partial charge in [0.25, 0.3) is 0 Å². The third-order valence-electron chi connectivity index (χ3n) is 9.99. The molecular formula is C46H32O2P2. The first-order chi connectivity index (χ1) is 24.5. The molecule has 9 rings (SSSR count). The van der Waals surface area contributed by atoms with Gasteiger partial charge in [-0.1, -0.05) is 188 Å². The second kappa shape index (κ2) is 12.1. The van der Waals surface area contributed by atoms with Crippen LogP contribution in [-0.2, 0) is 9.13 Å². The van der Waals surface area contributed by atoms with Crippen molar-refractivity contribution < 1.29 is 9.13 Å². The minimum atomic E-state index is -3.44. The lowest BCUT2D eigenvalue weighted by Gasteiger charge is -2.25. The molecule has 0 saturated heterocycles. The lowest BCUT2D eigenvalue weighted by molar-refractivity contribution is 0.591. The number of hydrogen-bond acceptors (Lipinski definition) is 2. The van der Waals surface area contributed by atoms with Crippen molar-refractivity contribution in [2.24, 2.45) is 0 Å². The number of benzene rings is 9. The maximum Gasteiger partial charge on any atom is 0.172 e. The molecule has 50 heavy (non-hydrogen) atoms. The molecular weight excluding hydrogens is 646 g/mol. The average molecular weight is 679 g/mol. The van der Waals surface area contributed by atoms with E-state index in [1.54, 1.807) is 0 Å². The Labute approximate surface area is 291 Å². The number of rotatable bonds is 6. The van der Waals surface area contributed by atoms with Crippen molar-refractivity contribution in [3.05, 3.63) is 194 Å². The van der Waals surface area contributed by atoms with Crippen LogP contribution < -0.4 is 31.8 Å². The molecule has 0 N–H and O–H groups in total. The van der Waals surface area contributed by atoms with Gasteiger partial charge in [-0.25, -0.2) is 0 Å². The Morgan fingerprint density at radius 3 is 1.08 bits per heavy atom. The smallest absolute Gasteiger partial charge is 0.172 e. The van der Waals surface area contributed by atoms with Gasteiger partial charge < -0.3 is 9.13 Å². The van der Waals surface area contributed by atoms with E-state index in [4.69, 9.17) is 0 Å². The zero-order chi connectivity index (χ0) is 33.7. The highest BCUT2D eigenvalue weighted by Crippen LogP contribution is 2.48. The van der Waals surface area contributed by atoms with Gasteiger partial charge in [0.05, 0.1) is 0 Å². The number of hydrogen-bond donors (Lipinski definition) is 0. The minimum Gasteiger partial charge on any atom is -0.309 e. The molecule has 0 aromatic heterocycles. The van der Waals surface area contributed by atoms with E-state index in [-0.39, 0.29) is 0 Å². The zero-order valence-electron chi connectivity index (χ0n) is 27.2. The van der Waals surface area contributed by atoms with Crippen LogP contribution in [0, 0.1) is 0 Å². The molecule has 1 atom stereocenters. The molecule has 4 heteroatoms. The first kappa shape index (κ1) is 30.5. The van der Waals surface area contributed by atoms with Crippen LogP contribution in [0.2, 0.25) is 0 Å². The van der Waals surface area contributed by atoms with Gasteiger partial charge in [-0.15, -0.1) is 0 Å². The van der Waals surface area contributed by atoms with Crippen molar-refractivity contribution in [2.75, 3.05) is 0 Å². The summed E-state index contributed by atoms with van der Waals surface area (Å²) >= 11 is 0. The van der Waals surface area contributed by atoms with E-state index in [0.29, 0.717) is 10.6 Å². The Bertz CT molecular complexity index is 2740. The van der Waals surface area contributed by atoms with Gasteiger partial charge in [0.2, 0.25) is 0 Å². The molecule has 0 amide bonds. The van der Waals surface area contributed by atoms with Crippen LogP contribution in [0.4, 0.5) is 0 Å². The minimum absolute atomic E-state index is 0.704. The lowest BCUT2D eigenvalue weighted by atomic mass is 10.1. The monoisotopic (exact) mass is 678 g/mol. The summed E-state index contributed by atoms with van der Waals surface area (Å²) in [5, 5.41) is 12.7. The summed E-state index contributed by atoms with van der Waals surface area (Å²) in [4.78, 5) is 0. The van der Waals surface area contributed by atoms with Gasteiger partial charge in [0, 0.05) is 31.8 Å². The highest BCUT2D eigenvalue weighted by atomic mass is 31.2. The number of fused-ring (bicyclic) bond motifs is 4. The molecule has 238 valence electrons. The summed E-state index contributed by atoms with van der Waals surface area (Å²) in [6, 6.07) is 64.8. The molecule has 0 bridgehead atoms. The maximum absolute atomic E-state index is 16.2. The normalized spacial score (nSPS) is 13.1. The maximum atomic E-state index is 16.2. The molecule has 0 spiro atoms. The Morgan fingerprint density at radius 2 is 0.600 bits per heavy atom. The Hall–Kier alpha value is -5.52. The largest absolute Gasteiger partial charge is 0.309 e. The van der Waals surface area contributed by atoms with Crippen molar-refractivity contribution in [2.45, 2.75) is 0 Å². The summed E-state index contributed by atoms with van der Waals surface area (Å²) in [5.74, 6) is 0. The van der Waals surface area contributed by atoms with Crippen LogP contribution in [0.25, 0.3) is 43.1 Å². The molecule has 1 unspecified atom stereocenters. The summed E-state index contributed by atoms with van der Waals surface area (Å²) in [6.07, 6.45) is 0. The van der Waals surface area contributed by atoms with Gasteiger partial charge in [0.15, 0.2) is 14.3 Å². The van der Waals surface area contributed by atoms with Crippen LogP contribution in [0.3, 0.4) is 0 Å². The van der Waals surface area contributed by atoms with Crippen LogP contribution in [0.15, 0.2) is 194 Å². The quantitative estimate of drug-likeness (QED) is 0.164. The Morgan fingerprint density at radius 1 is 0.260 bits per heavy atom. The molecule has 2 nitrogen and oxygen atoms in total. The third kappa shape index (κ3) is 4.79. The lowest BCUT2D eigenvalue weighted by Crippen LogP contribution is -2.29. The highest BCUT2D eigenvalue weighted by molar-refractivity contribution is 7.86. The topological polar surface area (TPSA) is 34.1 Å². The van der Waals surface area contributed by atoms with E-state index in [0.717, 1.165) is 64.3 Å². The second-order valence-electron chi connectivity index (χ2n) is 12.8. The summed E-state index contributed by atoms with van der Waals surface area (Å²) < 4.78 is 32.3. The van der Waals surface area contributed by atoms with Crippen LogP contribution >= 0.6 is 14.3 Å². The van der Waals surface area contributed by atoms with Crippen molar-refractivity contribution in [1.82, 2.24) is 0 Å². The standard InChI is InChI=1S/C46H32O2P2/c47-49(40-27-26-33-12-1-2-16-37(33)32-40,44-23-9-17-34-13-3-6-20-41(34)44)38-28-30-39(31-29-38)50(48,45-24-10-18-35-14-4-7-21-42(35)45)46-25-11-19-36-15-5-8-22-43(36)46/h1-32H. The Balaban J connectivity index is 1.30. The van der Waals surface area contributed by atoms with Crippen LogP contribution in [0.1, 0.15) is 0 Å². The molecule has 9 aromatic rings. The van der Waals surface area contributed by atoms with Gasteiger partial charge in [-0.05, 0) is 49.2 Å². The van der Waals surface area contributed by atoms with E-state index in [1.165, 1.54) is 0 Å². The molecule has 0 saturated carbocycles.